The van der Waals surface area contributed by atoms with Gasteiger partial charge in [-0.2, -0.15) is 0 Å². The van der Waals surface area contributed by atoms with E-state index in [4.69, 9.17) is 0 Å². The lowest BCUT2D eigenvalue weighted by Gasteiger charge is -2.19. The van der Waals surface area contributed by atoms with Crippen molar-refractivity contribution in [1.82, 2.24) is 15.5 Å². The molecular formula is C15H18N4O2S. The van der Waals surface area contributed by atoms with Gasteiger partial charge in [-0.3, -0.25) is 14.9 Å². The van der Waals surface area contributed by atoms with Crippen molar-refractivity contribution in [2.24, 2.45) is 5.92 Å². The summed E-state index contributed by atoms with van der Waals surface area (Å²) in [5, 5.41) is 14.6. The lowest BCUT2D eigenvalue weighted by molar-refractivity contribution is -0.126. The van der Waals surface area contributed by atoms with Gasteiger partial charge in [-0.05, 0) is 5.92 Å². The molecule has 0 unspecified atom stereocenters. The van der Waals surface area contributed by atoms with Crippen LogP contribution in [0.3, 0.4) is 0 Å². The summed E-state index contributed by atoms with van der Waals surface area (Å²) < 4.78 is 0. The van der Waals surface area contributed by atoms with E-state index in [2.05, 4.69) is 20.8 Å². The predicted octanol–water partition coefficient (Wildman–Crippen LogP) is 2.30. The highest BCUT2D eigenvalue weighted by molar-refractivity contribution is 7.18. The van der Waals surface area contributed by atoms with Gasteiger partial charge in [0.2, 0.25) is 16.9 Å². The van der Waals surface area contributed by atoms with Crippen LogP contribution in [0.2, 0.25) is 0 Å². The van der Waals surface area contributed by atoms with E-state index in [0.717, 1.165) is 10.6 Å². The molecule has 0 aliphatic rings. The van der Waals surface area contributed by atoms with Crippen LogP contribution >= 0.6 is 11.3 Å². The van der Waals surface area contributed by atoms with Gasteiger partial charge in [0, 0.05) is 12.5 Å². The average molecular weight is 318 g/mol. The molecule has 22 heavy (non-hydrogen) atoms. The summed E-state index contributed by atoms with van der Waals surface area (Å²) in [6.07, 6.45) is 0. The molecule has 0 radical (unpaired) electrons. The maximum absolute atomic E-state index is 12.2. The van der Waals surface area contributed by atoms with Crippen molar-refractivity contribution in [3.05, 3.63) is 30.3 Å². The molecule has 2 aromatic rings. The summed E-state index contributed by atoms with van der Waals surface area (Å²) in [6, 6.07) is 9.02. The van der Waals surface area contributed by atoms with E-state index < -0.39 is 6.04 Å². The Morgan fingerprint density at radius 3 is 2.41 bits per heavy atom. The van der Waals surface area contributed by atoms with Crippen LogP contribution in [0.25, 0.3) is 10.6 Å². The fourth-order valence-electron chi connectivity index (χ4n) is 1.91. The van der Waals surface area contributed by atoms with Crippen LogP contribution in [0.4, 0.5) is 5.13 Å². The van der Waals surface area contributed by atoms with E-state index in [1.807, 2.05) is 44.2 Å². The number of aromatic nitrogens is 2. The van der Waals surface area contributed by atoms with Gasteiger partial charge in [0.1, 0.15) is 11.0 Å². The zero-order valence-electron chi connectivity index (χ0n) is 12.7. The molecule has 1 aromatic heterocycles. The molecule has 6 nitrogen and oxygen atoms in total. The molecule has 0 fully saturated rings. The van der Waals surface area contributed by atoms with Crippen molar-refractivity contribution >= 4 is 28.3 Å². The first-order valence-corrected chi connectivity index (χ1v) is 7.76. The van der Waals surface area contributed by atoms with E-state index in [0.29, 0.717) is 5.13 Å². The molecule has 0 saturated carbocycles. The smallest absolute Gasteiger partial charge is 0.249 e. The summed E-state index contributed by atoms with van der Waals surface area (Å²) in [7, 11) is 0. The van der Waals surface area contributed by atoms with Gasteiger partial charge in [0.05, 0.1) is 0 Å². The third-order valence-electron chi connectivity index (χ3n) is 2.98. The molecule has 0 aliphatic heterocycles. The van der Waals surface area contributed by atoms with Crippen molar-refractivity contribution in [2.45, 2.75) is 26.8 Å². The molecule has 7 heteroatoms. The molecule has 0 saturated heterocycles. The maximum atomic E-state index is 12.2. The largest absolute Gasteiger partial charge is 0.344 e. The number of nitrogens with zero attached hydrogens (tertiary/aromatic N) is 2. The Balaban J connectivity index is 2.09. The number of carbonyl (C=O) groups excluding carboxylic acids is 2. The fraction of sp³-hybridized carbons (Fsp3) is 0.333. The van der Waals surface area contributed by atoms with E-state index >= 15 is 0 Å². The molecule has 0 bridgehead atoms. The molecule has 2 rings (SSSR count). The third kappa shape index (κ3) is 4.11. The molecular weight excluding hydrogens is 300 g/mol. The van der Waals surface area contributed by atoms with Crippen LogP contribution in [0.5, 0.6) is 0 Å². The second-order valence-electron chi connectivity index (χ2n) is 5.19. The molecule has 1 atom stereocenters. The molecule has 1 heterocycles. The highest BCUT2D eigenvalue weighted by atomic mass is 32.1. The minimum absolute atomic E-state index is 0.0228. The zero-order valence-corrected chi connectivity index (χ0v) is 13.5. The third-order valence-corrected chi connectivity index (χ3v) is 3.87. The molecule has 0 spiro atoms. The minimum Gasteiger partial charge on any atom is -0.344 e. The number of benzene rings is 1. The van der Waals surface area contributed by atoms with E-state index in [1.54, 1.807) is 0 Å². The van der Waals surface area contributed by atoms with Crippen LogP contribution in [-0.4, -0.2) is 28.1 Å². The summed E-state index contributed by atoms with van der Waals surface area (Å²) in [5.74, 6) is -0.553. The Morgan fingerprint density at radius 1 is 1.14 bits per heavy atom. The Labute approximate surface area is 133 Å². The summed E-state index contributed by atoms with van der Waals surface area (Å²) in [4.78, 5) is 23.4. The predicted molar refractivity (Wildman–Crippen MR) is 86.4 cm³/mol. The van der Waals surface area contributed by atoms with Gasteiger partial charge in [0.25, 0.3) is 0 Å². The summed E-state index contributed by atoms with van der Waals surface area (Å²) in [6.45, 7) is 5.13. The maximum Gasteiger partial charge on any atom is 0.249 e. The number of carbonyl (C=O) groups is 2. The number of hydrogen-bond donors (Lipinski definition) is 2. The Bertz CT molecular complexity index is 655. The van der Waals surface area contributed by atoms with Crippen molar-refractivity contribution < 1.29 is 9.59 Å². The van der Waals surface area contributed by atoms with Gasteiger partial charge in [-0.25, -0.2) is 0 Å². The van der Waals surface area contributed by atoms with Crippen LogP contribution in [0.15, 0.2) is 30.3 Å². The average Bonchev–Trinajstić information content (AvgIpc) is 2.93. The van der Waals surface area contributed by atoms with E-state index in [9.17, 15) is 9.59 Å². The second-order valence-corrected chi connectivity index (χ2v) is 6.17. The van der Waals surface area contributed by atoms with E-state index in [-0.39, 0.29) is 17.7 Å². The van der Waals surface area contributed by atoms with Crippen LogP contribution in [0, 0.1) is 5.92 Å². The lowest BCUT2D eigenvalue weighted by Crippen LogP contribution is -2.46. The number of nitrogens with one attached hydrogen (secondary N) is 2. The summed E-state index contributed by atoms with van der Waals surface area (Å²) >= 11 is 1.30. The minimum atomic E-state index is -0.596. The van der Waals surface area contributed by atoms with Crippen molar-refractivity contribution in [3.63, 3.8) is 0 Å². The highest BCUT2D eigenvalue weighted by Crippen LogP contribution is 2.26. The van der Waals surface area contributed by atoms with Gasteiger partial charge < -0.3 is 5.32 Å². The summed E-state index contributed by atoms with van der Waals surface area (Å²) in [5.41, 5.74) is 0.947. The topological polar surface area (TPSA) is 84.0 Å². The normalized spacial score (nSPS) is 12.0. The van der Waals surface area contributed by atoms with Gasteiger partial charge in [-0.1, -0.05) is 55.5 Å². The van der Waals surface area contributed by atoms with Crippen molar-refractivity contribution in [1.29, 1.82) is 0 Å². The van der Waals surface area contributed by atoms with E-state index in [1.165, 1.54) is 18.3 Å². The standard InChI is InChI=1S/C15H18N4O2S/c1-9(2)12(16-10(3)20)13(21)17-15-19-18-14(22-15)11-7-5-4-6-8-11/h4-9,12H,1-3H3,(H,16,20)(H,17,19,21)/t12-/m0/s1. The number of hydrogen-bond acceptors (Lipinski definition) is 5. The lowest BCUT2D eigenvalue weighted by atomic mass is 10.0. The quantitative estimate of drug-likeness (QED) is 0.886. The number of amides is 2. The fourth-order valence-corrected chi connectivity index (χ4v) is 2.66. The van der Waals surface area contributed by atoms with Crippen LogP contribution in [0.1, 0.15) is 20.8 Å². The number of anilines is 1. The van der Waals surface area contributed by atoms with Crippen LogP contribution in [-0.2, 0) is 9.59 Å². The molecule has 2 N–H and O–H groups in total. The molecule has 1 aromatic carbocycles. The first-order valence-electron chi connectivity index (χ1n) is 6.94. The molecule has 116 valence electrons. The first kappa shape index (κ1) is 16.1. The second kappa shape index (κ2) is 7.13. The Morgan fingerprint density at radius 2 is 1.82 bits per heavy atom. The van der Waals surface area contributed by atoms with Crippen LogP contribution < -0.4 is 10.6 Å². The molecule has 0 aliphatic carbocycles. The monoisotopic (exact) mass is 318 g/mol. The zero-order chi connectivity index (χ0) is 16.1. The van der Waals surface area contributed by atoms with Gasteiger partial charge in [-0.15, -0.1) is 10.2 Å². The Kier molecular flexibility index (Phi) is 5.21. The van der Waals surface area contributed by atoms with Gasteiger partial charge >= 0.3 is 0 Å². The first-order chi connectivity index (χ1) is 10.5. The highest BCUT2D eigenvalue weighted by Gasteiger charge is 2.24. The van der Waals surface area contributed by atoms with Crippen molar-refractivity contribution in [2.75, 3.05) is 5.32 Å². The van der Waals surface area contributed by atoms with Crippen molar-refractivity contribution in [3.8, 4) is 10.6 Å². The Hall–Kier alpha value is -2.28. The van der Waals surface area contributed by atoms with Gasteiger partial charge in [0.15, 0.2) is 0 Å². The SMILES string of the molecule is CC(=O)N[C@H](C(=O)Nc1nnc(-c2ccccc2)s1)C(C)C. The molecule has 2 amide bonds. The number of rotatable bonds is 5.